The van der Waals surface area contributed by atoms with E-state index in [0.29, 0.717) is 0 Å². The number of rotatable bonds is 10. The van der Waals surface area contributed by atoms with Gasteiger partial charge in [-0.2, -0.15) is 0 Å². The predicted octanol–water partition coefficient (Wildman–Crippen LogP) is 5.25. The lowest BCUT2D eigenvalue weighted by atomic mass is 10.3. The van der Waals surface area contributed by atoms with Gasteiger partial charge < -0.3 is 24.0 Å². The van der Waals surface area contributed by atoms with Crippen LogP contribution in [0, 0.1) is 0 Å². The fraction of sp³-hybridized carbons (Fsp3) is 0.889. The summed E-state index contributed by atoms with van der Waals surface area (Å²) < 4.78 is 19.2. The topological polar surface area (TPSA) is 34.2 Å². The van der Waals surface area contributed by atoms with Gasteiger partial charge >= 0.3 is 0 Å². The average molecular weight is 517 g/mol. The number of thiocarbonyl (C=S) groups is 2. The van der Waals surface area contributed by atoms with Crippen LogP contribution in [0.5, 0.6) is 0 Å². The van der Waals surface area contributed by atoms with Crippen molar-refractivity contribution in [3.05, 3.63) is 0 Å². The second-order valence-electron chi connectivity index (χ2n) is 6.66. The summed E-state index contributed by atoms with van der Waals surface area (Å²) in [5, 5.41) is 0. The van der Waals surface area contributed by atoms with E-state index >= 15 is 0 Å². The summed E-state index contributed by atoms with van der Waals surface area (Å²) >= 11 is 11.2. The van der Waals surface area contributed by atoms with E-state index in [2.05, 4.69) is 23.6 Å². The number of hydrogen-bond donors (Lipinski definition) is 0. The first-order valence-electron chi connectivity index (χ1n) is 10.2. The van der Waals surface area contributed by atoms with Crippen molar-refractivity contribution >= 4 is 76.3 Å². The highest BCUT2D eigenvalue weighted by Gasteiger charge is 2.22. The molecule has 168 valence electrons. The molecule has 0 N–H and O–H groups in total. The van der Waals surface area contributed by atoms with Gasteiger partial charge in [-0.15, -0.1) is 0 Å². The van der Waals surface area contributed by atoms with Gasteiger partial charge in [-0.1, -0.05) is 72.7 Å². The highest BCUT2D eigenvalue weighted by molar-refractivity contribution is 8.84. The summed E-state index contributed by atoms with van der Waals surface area (Å²) in [5.41, 5.74) is 0.260. The highest BCUT2D eigenvalue weighted by atomic mass is 33.1. The molecule has 0 radical (unpaired) electrons. The van der Waals surface area contributed by atoms with Gasteiger partial charge in [0.25, 0.3) is 0 Å². The average Bonchev–Trinajstić information content (AvgIpc) is 2.76. The minimum Gasteiger partial charge on any atom is -0.378 e. The summed E-state index contributed by atoms with van der Waals surface area (Å²) in [7, 11) is 6.84. The fourth-order valence-electron chi connectivity index (χ4n) is 2.71. The Kier molecular flexibility index (Phi) is 14.3. The molecule has 11 heteroatoms. The van der Waals surface area contributed by atoms with E-state index in [9.17, 15) is 0 Å². The van der Waals surface area contributed by atoms with Gasteiger partial charge in [0.05, 0.1) is 26.4 Å². The maximum atomic E-state index is 6.49. The molecule has 0 spiro atoms. The Morgan fingerprint density at radius 1 is 0.793 bits per heavy atom. The number of nitrogens with zero attached hydrogens (tertiary/aromatic N) is 2. The fourth-order valence-corrected chi connectivity index (χ4v) is 8.45. The van der Waals surface area contributed by atoms with Crippen molar-refractivity contribution in [2.45, 2.75) is 50.4 Å². The van der Waals surface area contributed by atoms with Crippen LogP contribution in [0.15, 0.2) is 0 Å². The first-order chi connectivity index (χ1) is 14.1. The molecule has 0 bridgehead atoms. The third-order valence-electron chi connectivity index (χ3n) is 4.34. The molecule has 2 aliphatic heterocycles. The first kappa shape index (κ1) is 26.3. The van der Waals surface area contributed by atoms with E-state index in [4.69, 9.17) is 38.6 Å². The quantitative estimate of drug-likeness (QED) is 0.217. The molecular formula is C18H32N2O3S6. The van der Waals surface area contributed by atoms with Crippen LogP contribution in [0.1, 0.15) is 39.5 Å². The van der Waals surface area contributed by atoms with Crippen LogP contribution in [-0.2, 0) is 14.2 Å². The summed E-state index contributed by atoms with van der Waals surface area (Å²) in [6.07, 6.45) is 4.21. The van der Waals surface area contributed by atoms with Crippen molar-refractivity contribution in [1.29, 1.82) is 0 Å². The molecule has 29 heavy (non-hydrogen) atoms. The van der Waals surface area contributed by atoms with Crippen LogP contribution < -0.4 is 0 Å². The minimum absolute atomic E-state index is 0.130. The molecule has 0 aromatic carbocycles. The van der Waals surface area contributed by atoms with Crippen LogP contribution in [0.4, 0.5) is 0 Å². The maximum Gasteiger partial charge on any atom is 0.147 e. The SMILES string of the molecule is CCCC(OC(CCC)SSC(=S)N1CCOCC1)SSC(=S)N1CCOCC1. The lowest BCUT2D eigenvalue weighted by Gasteiger charge is -2.30. The molecule has 2 unspecified atom stereocenters. The number of ether oxygens (including phenoxy) is 3. The summed E-state index contributed by atoms with van der Waals surface area (Å²) in [5.74, 6) is 0. The predicted molar refractivity (Wildman–Crippen MR) is 139 cm³/mol. The smallest absolute Gasteiger partial charge is 0.147 e. The standard InChI is InChI=1S/C18H32N2O3S6/c1-3-5-15(26-28-17(24)19-7-11-21-12-8-19)23-16(6-4-2)27-29-18(25)20-9-13-22-14-10-20/h15-16H,3-14H2,1-2H3. The molecule has 0 aromatic heterocycles. The Morgan fingerprint density at radius 3 is 1.52 bits per heavy atom. The Bertz CT molecular complexity index is 448. The summed E-state index contributed by atoms with van der Waals surface area (Å²) in [6, 6.07) is 0. The maximum absolute atomic E-state index is 6.49. The van der Waals surface area contributed by atoms with Crippen LogP contribution in [-0.4, -0.2) is 81.9 Å². The second-order valence-corrected chi connectivity index (χ2v) is 12.7. The van der Waals surface area contributed by atoms with Crippen LogP contribution in [0.25, 0.3) is 0 Å². The van der Waals surface area contributed by atoms with Crippen LogP contribution >= 0.6 is 67.6 Å². The molecule has 2 rings (SSSR count). The van der Waals surface area contributed by atoms with Gasteiger partial charge in [0, 0.05) is 26.2 Å². The number of morpholine rings is 2. The Hall–Kier alpha value is 1.06. The monoisotopic (exact) mass is 516 g/mol. The van der Waals surface area contributed by atoms with Gasteiger partial charge in [0.15, 0.2) is 0 Å². The normalized spacial score (nSPS) is 19.8. The van der Waals surface area contributed by atoms with Gasteiger partial charge in [0.1, 0.15) is 19.5 Å². The highest BCUT2D eigenvalue weighted by Crippen LogP contribution is 2.39. The zero-order valence-electron chi connectivity index (χ0n) is 17.2. The number of hydrogen-bond acceptors (Lipinski definition) is 9. The Morgan fingerprint density at radius 2 is 1.17 bits per heavy atom. The molecular weight excluding hydrogens is 485 g/mol. The Labute approximate surface area is 202 Å². The largest absolute Gasteiger partial charge is 0.378 e. The molecule has 2 aliphatic rings. The van der Waals surface area contributed by atoms with Crippen molar-refractivity contribution in [3.63, 3.8) is 0 Å². The zero-order chi connectivity index (χ0) is 20.9. The van der Waals surface area contributed by atoms with Crippen molar-refractivity contribution < 1.29 is 14.2 Å². The van der Waals surface area contributed by atoms with Gasteiger partial charge in [-0.25, -0.2) is 0 Å². The molecule has 0 saturated carbocycles. The van der Waals surface area contributed by atoms with E-state index in [1.807, 2.05) is 0 Å². The van der Waals surface area contributed by atoms with Gasteiger partial charge in [0.2, 0.25) is 0 Å². The van der Waals surface area contributed by atoms with E-state index in [0.717, 1.165) is 86.9 Å². The van der Waals surface area contributed by atoms with Crippen molar-refractivity contribution in [1.82, 2.24) is 9.80 Å². The molecule has 0 aromatic rings. The summed E-state index contributed by atoms with van der Waals surface area (Å²) in [6.45, 7) is 11.0. The van der Waals surface area contributed by atoms with E-state index in [1.54, 1.807) is 43.2 Å². The van der Waals surface area contributed by atoms with Crippen molar-refractivity contribution in [2.75, 3.05) is 52.6 Å². The van der Waals surface area contributed by atoms with E-state index in [-0.39, 0.29) is 10.9 Å². The second kappa shape index (κ2) is 15.8. The molecule has 2 fully saturated rings. The van der Waals surface area contributed by atoms with Crippen molar-refractivity contribution in [2.24, 2.45) is 0 Å². The minimum atomic E-state index is 0.130. The lowest BCUT2D eigenvalue weighted by molar-refractivity contribution is 0.0702. The zero-order valence-corrected chi connectivity index (χ0v) is 22.1. The molecule has 0 amide bonds. The van der Waals surface area contributed by atoms with Gasteiger partial charge in [-0.3, -0.25) is 0 Å². The molecule has 2 heterocycles. The van der Waals surface area contributed by atoms with Crippen molar-refractivity contribution in [3.8, 4) is 0 Å². The molecule has 2 atom stereocenters. The Balaban J connectivity index is 1.78. The molecule has 5 nitrogen and oxygen atoms in total. The third-order valence-corrected chi connectivity index (χ3v) is 10.9. The van der Waals surface area contributed by atoms with E-state index < -0.39 is 0 Å². The van der Waals surface area contributed by atoms with Crippen LogP contribution in [0.2, 0.25) is 0 Å². The van der Waals surface area contributed by atoms with Crippen LogP contribution in [0.3, 0.4) is 0 Å². The molecule has 0 aliphatic carbocycles. The van der Waals surface area contributed by atoms with Gasteiger partial charge in [-0.05, 0) is 34.4 Å². The first-order valence-corrected chi connectivity index (χ1v) is 15.4. The van der Waals surface area contributed by atoms with E-state index in [1.165, 1.54) is 0 Å². The summed E-state index contributed by atoms with van der Waals surface area (Å²) in [4.78, 5) is 4.46. The third kappa shape index (κ3) is 10.5. The lowest BCUT2D eigenvalue weighted by Crippen LogP contribution is -2.38. The molecule has 2 saturated heterocycles.